The summed E-state index contributed by atoms with van der Waals surface area (Å²) < 4.78 is 0. The van der Waals surface area contributed by atoms with Crippen LogP contribution in [0.5, 0.6) is 0 Å². The molecule has 0 unspecified atom stereocenters. The Morgan fingerprint density at radius 3 is 1.40 bits per heavy atom. The van der Waals surface area contributed by atoms with Crippen LogP contribution in [-0.4, -0.2) is 9.97 Å². The van der Waals surface area contributed by atoms with Crippen LogP contribution in [0.4, 0.5) is 22.7 Å². The fraction of sp³-hybridized carbons (Fsp3) is 0. The van der Waals surface area contributed by atoms with E-state index in [0.717, 1.165) is 66.8 Å². The van der Waals surface area contributed by atoms with E-state index in [0.29, 0.717) is 0 Å². The number of anilines is 4. The minimum Gasteiger partial charge on any atom is -0.353 e. The zero-order chi connectivity index (χ0) is 27.6. The topological polar surface area (TPSA) is 49.8 Å². The van der Waals surface area contributed by atoms with Gasteiger partial charge in [-0.15, -0.1) is 0 Å². The Labute approximate surface area is 251 Å². The predicted molar refractivity (Wildman–Crippen MR) is 176 cm³/mol. The molecular weight excluding hydrogens is 553 g/mol. The number of fused-ring (bicyclic) bond motifs is 7. The van der Waals surface area contributed by atoms with E-state index in [1.165, 1.54) is 19.6 Å². The summed E-state index contributed by atoms with van der Waals surface area (Å²) in [7, 11) is 0. The highest BCUT2D eigenvalue weighted by molar-refractivity contribution is 8.00. The fourth-order valence-corrected chi connectivity index (χ4v) is 7.93. The number of aromatic nitrogens is 2. The quantitative estimate of drug-likeness (QED) is 0.200. The molecule has 0 spiro atoms. The maximum Gasteiger partial charge on any atom is 0.0965 e. The molecule has 0 fully saturated rings. The van der Waals surface area contributed by atoms with Crippen LogP contribution in [0, 0.1) is 0 Å². The van der Waals surface area contributed by atoms with E-state index >= 15 is 0 Å². The number of rotatable bonds is 2. The molecule has 2 aliphatic heterocycles. The Kier molecular flexibility index (Phi) is 5.33. The number of nitrogens with zero attached hydrogens (tertiary/aromatic N) is 2. The van der Waals surface area contributed by atoms with Crippen molar-refractivity contribution in [1.82, 2.24) is 9.97 Å². The SMILES string of the molecule is c1ccc2c(c1)Nc1c(cccc1-c1cnc3c(ccc4cc(-c5cccc6c5Nc5ccccc5S6)cnc43)c1)S2. The zero-order valence-corrected chi connectivity index (χ0v) is 23.9. The lowest BCUT2D eigenvalue weighted by Crippen LogP contribution is -2.02. The van der Waals surface area contributed by atoms with Crippen molar-refractivity contribution >= 4 is 68.1 Å². The molecule has 0 saturated heterocycles. The fourth-order valence-electron chi connectivity index (χ4n) is 5.88. The predicted octanol–water partition coefficient (Wildman–Crippen LogP) is 10.5. The van der Waals surface area contributed by atoms with E-state index < -0.39 is 0 Å². The van der Waals surface area contributed by atoms with Gasteiger partial charge in [0.2, 0.25) is 0 Å². The molecule has 7 aromatic rings. The van der Waals surface area contributed by atoms with Gasteiger partial charge in [-0.3, -0.25) is 9.97 Å². The molecule has 2 aromatic heterocycles. The van der Waals surface area contributed by atoms with E-state index in [-0.39, 0.29) is 0 Å². The summed E-state index contributed by atoms with van der Waals surface area (Å²) in [6, 6.07) is 38.6. The monoisotopic (exact) mass is 574 g/mol. The second-order valence-corrected chi connectivity index (χ2v) is 12.6. The highest BCUT2D eigenvalue weighted by Gasteiger charge is 2.21. The summed E-state index contributed by atoms with van der Waals surface area (Å²) in [6.07, 6.45) is 3.96. The number of hydrogen-bond donors (Lipinski definition) is 2. The maximum atomic E-state index is 4.96. The van der Waals surface area contributed by atoms with Crippen LogP contribution in [-0.2, 0) is 0 Å². The standard InChI is InChI=1S/C36H22N4S2/c1-3-11-29-27(9-1)39-35-25(7-5-13-31(35)41-29)23-17-21-15-16-22-18-24(20-38-34(22)33(21)37-19-23)26-8-6-14-32-36(26)40-28-10-2-4-12-30(28)42-32/h1-20,39-40H. The van der Waals surface area contributed by atoms with Crippen molar-refractivity contribution in [3.63, 3.8) is 0 Å². The lowest BCUT2D eigenvalue weighted by atomic mass is 10.00. The van der Waals surface area contributed by atoms with Gasteiger partial charge in [-0.2, -0.15) is 0 Å². The van der Waals surface area contributed by atoms with Gasteiger partial charge in [0.15, 0.2) is 0 Å². The van der Waals surface area contributed by atoms with Crippen molar-refractivity contribution in [3.05, 3.63) is 122 Å². The summed E-state index contributed by atoms with van der Waals surface area (Å²) >= 11 is 3.61. The number of nitrogens with one attached hydrogen (secondary N) is 2. The first kappa shape index (κ1) is 23.9. The summed E-state index contributed by atoms with van der Waals surface area (Å²) in [5.74, 6) is 0. The molecule has 198 valence electrons. The normalized spacial score (nSPS) is 13.0. The van der Waals surface area contributed by atoms with E-state index in [2.05, 4.69) is 120 Å². The first-order chi connectivity index (χ1) is 20.8. The van der Waals surface area contributed by atoms with E-state index in [4.69, 9.17) is 9.97 Å². The van der Waals surface area contributed by atoms with Crippen molar-refractivity contribution in [2.24, 2.45) is 0 Å². The number of benzene rings is 5. The third-order valence-electron chi connectivity index (χ3n) is 7.91. The molecule has 2 N–H and O–H groups in total. The molecular formula is C36H22N4S2. The molecule has 42 heavy (non-hydrogen) atoms. The lowest BCUT2D eigenvalue weighted by Gasteiger charge is -2.23. The zero-order valence-electron chi connectivity index (χ0n) is 22.3. The highest BCUT2D eigenvalue weighted by Crippen LogP contribution is 2.49. The van der Waals surface area contributed by atoms with Gasteiger partial charge >= 0.3 is 0 Å². The van der Waals surface area contributed by atoms with Gasteiger partial charge in [-0.25, -0.2) is 0 Å². The van der Waals surface area contributed by atoms with Gasteiger partial charge in [-0.1, -0.05) is 84.2 Å². The molecule has 4 heterocycles. The maximum absolute atomic E-state index is 4.96. The summed E-state index contributed by atoms with van der Waals surface area (Å²) in [6.45, 7) is 0. The molecule has 4 nitrogen and oxygen atoms in total. The van der Waals surface area contributed by atoms with Gasteiger partial charge in [0.05, 0.1) is 33.8 Å². The Morgan fingerprint density at radius 2 is 0.905 bits per heavy atom. The third kappa shape index (κ3) is 3.80. The smallest absolute Gasteiger partial charge is 0.0965 e. The summed E-state index contributed by atoms with van der Waals surface area (Å²) in [4.78, 5) is 14.9. The molecule has 2 aliphatic rings. The van der Waals surface area contributed by atoms with E-state index in [1.807, 2.05) is 12.4 Å². The van der Waals surface area contributed by atoms with Crippen LogP contribution in [0.15, 0.2) is 141 Å². The molecule has 5 aromatic carbocycles. The van der Waals surface area contributed by atoms with Crippen LogP contribution in [0.25, 0.3) is 44.1 Å². The van der Waals surface area contributed by atoms with Crippen LogP contribution in [0.3, 0.4) is 0 Å². The number of pyridine rings is 2. The first-order valence-electron chi connectivity index (χ1n) is 13.8. The highest BCUT2D eigenvalue weighted by atomic mass is 32.2. The van der Waals surface area contributed by atoms with Gasteiger partial charge in [-0.05, 0) is 48.5 Å². The summed E-state index contributed by atoms with van der Waals surface area (Å²) in [5.41, 5.74) is 10.8. The molecule has 6 heteroatoms. The van der Waals surface area contributed by atoms with Crippen molar-refractivity contribution < 1.29 is 0 Å². The molecule has 0 saturated carbocycles. The van der Waals surface area contributed by atoms with Gasteiger partial charge in [0, 0.05) is 65.0 Å². The van der Waals surface area contributed by atoms with Crippen LogP contribution >= 0.6 is 23.5 Å². The van der Waals surface area contributed by atoms with Crippen molar-refractivity contribution in [1.29, 1.82) is 0 Å². The molecule has 0 aliphatic carbocycles. The molecule has 9 rings (SSSR count). The lowest BCUT2D eigenvalue weighted by molar-refractivity contribution is 1.31. The third-order valence-corrected chi connectivity index (χ3v) is 10.2. The Balaban J connectivity index is 1.10. The molecule has 0 atom stereocenters. The minimum atomic E-state index is 0.915. The van der Waals surface area contributed by atoms with Crippen molar-refractivity contribution in [3.8, 4) is 22.3 Å². The minimum absolute atomic E-state index is 0.915. The second kappa shape index (κ2) is 9.38. The largest absolute Gasteiger partial charge is 0.353 e. The Hall–Kier alpha value is -4.78. The Morgan fingerprint density at radius 1 is 0.452 bits per heavy atom. The first-order valence-corrected chi connectivity index (χ1v) is 15.4. The average molecular weight is 575 g/mol. The van der Waals surface area contributed by atoms with E-state index in [1.54, 1.807) is 23.5 Å². The number of hydrogen-bond acceptors (Lipinski definition) is 6. The van der Waals surface area contributed by atoms with Crippen LogP contribution < -0.4 is 10.6 Å². The van der Waals surface area contributed by atoms with Crippen LogP contribution in [0.1, 0.15) is 0 Å². The van der Waals surface area contributed by atoms with Crippen molar-refractivity contribution in [2.45, 2.75) is 19.6 Å². The Bertz CT molecular complexity index is 2070. The van der Waals surface area contributed by atoms with Crippen LogP contribution in [0.2, 0.25) is 0 Å². The molecule has 0 radical (unpaired) electrons. The summed E-state index contributed by atoms with van der Waals surface area (Å²) in [5, 5.41) is 9.49. The van der Waals surface area contributed by atoms with Gasteiger partial charge < -0.3 is 10.6 Å². The second-order valence-electron chi connectivity index (χ2n) is 10.5. The molecule has 0 amide bonds. The van der Waals surface area contributed by atoms with E-state index in [9.17, 15) is 0 Å². The average Bonchev–Trinajstić information content (AvgIpc) is 3.05. The van der Waals surface area contributed by atoms with Gasteiger partial charge in [0.25, 0.3) is 0 Å². The number of para-hydroxylation sites is 4. The van der Waals surface area contributed by atoms with Gasteiger partial charge in [0.1, 0.15) is 0 Å². The molecule has 0 bridgehead atoms. The van der Waals surface area contributed by atoms with Crippen molar-refractivity contribution in [2.75, 3.05) is 10.6 Å².